The van der Waals surface area contributed by atoms with Crippen LogP contribution in [0, 0.1) is 0 Å². The smallest absolute Gasteiger partial charge is 0.180 e. The Labute approximate surface area is 99.3 Å². The van der Waals surface area contributed by atoms with E-state index in [4.69, 9.17) is 0 Å². The summed E-state index contributed by atoms with van der Waals surface area (Å²) in [5.41, 5.74) is 0.185. The largest absolute Gasteiger partial charge is 0.370 e. The monoisotopic (exact) mass is 234 g/mol. The molecule has 0 saturated heterocycles. The molecule has 0 aliphatic heterocycles. The first-order valence-electron chi connectivity index (χ1n) is 5.55. The number of nitrogens with one attached hydrogen (secondary N) is 1. The molecule has 1 N–H and O–H groups in total. The summed E-state index contributed by atoms with van der Waals surface area (Å²) in [5.74, 6) is 0.697. The van der Waals surface area contributed by atoms with Crippen LogP contribution in [0.5, 0.6) is 0 Å². The lowest BCUT2D eigenvalue weighted by molar-refractivity contribution is 0.207. The zero-order valence-electron chi connectivity index (χ0n) is 9.94. The minimum atomic E-state index is -1.16. The average Bonchev–Trinajstić information content (AvgIpc) is 2.27. The van der Waals surface area contributed by atoms with Gasteiger partial charge in [-0.3, -0.25) is 4.98 Å². The SMILES string of the molecule is CC(C)(F)CCNc1ccc2nccnc2n1. The lowest BCUT2D eigenvalue weighted by Gasteiger charge is -2.14. The molecule has 0 amide bonds. The van der Waals surface area contributed by atoms with Gasteiger partial charge in [0.15, 0.2) is 5.65 Å². The summed E-state index contributed by atoms with van der Waals surface area (Å²) in [6, 6.07) is 3.67. The third-order valence-electron chi connectivity index (χ3n) is 2.36. The second kappa shape index (κ2) is 4.61. The van der Waals surface area contributed by atoms with Gasteiger partial charge in [0.25, 0.3) is 0 Å². The van der Waals surface area contributed by atoms with Crippen LogP contribution < -0.4 is 5.32 Å². The first-order valence-corrected chi connectivity index (χ1v) is 5.55. The second-order valence-electron chi connectivity index (χ2n) is 4.49. The summed E-state index contributed by atoms with van der Waals surface area (Å²) in [4.78, 5) is 12.5. The predicted octanol–water partition coefficient (Wildman–Crippen LogP) is 2.57. The summed E-state index contributed by atoms with van der Waals surface area (Å²) in [6.07, 6.45) is 3.67. The molecule has 2 rings (SSSR count). The summed E-state index contributed by atoms with van der Waals surface area (Å²) in [5, 5.41) is 3.07. The highest BCUT2D eigenvalue weighted by atomic mass is 19.1. The van der Waals surface area contributed by atoms with Crippen molar-refractivity contribution in [1.82, 2.24) is 15.0 Å². The zero-order chi connectivity index (χ0) is 12.3. The van der Waals surface area contributed by atoms with Crippen LogP contribution in [0.25, 0.3) is 11.2 Å². The van der Waals surface area contributed by atoms with E-state index in [2.05, 4.69) is 20.3 Å². The van der Waals surface area contributed by atoms with Gasteiger partial charge in [-0.1, -0.05) is 0 Å². The molecule has 17 heavy (non-hydrogen) atoms. The third-order valence-corrected chi connectivity index (χ3v) is 2.36. The fourth-order valence-electron chi connectivity index (χ4n) is 1.44. The van der Waals surface area contributed by atoms with Crippen LogP contribution >= 0.6 is 0 Å². The third kappa shape index (κ3) is 3.34. The van der Waals surface area contributed by atoms with E-state index in [1.807, 2.05) is 12.1 Å². The number of fused-ring (bicyclic) bond motifs is 1. The number of hydrogen-bond acceptors (Lipinski definition) is 4. The maximum atomic E-state index is 13.3. The molecule has 4 nitrogen and oxygen atoms in total. The van der Waals surface area contributed by atoms with Crippen molar-refractivity contribution in [3.05, 3.63) is 24.5 Å². The summed E-state index contributed by atoms with van der Waals surface area (Å²) in [7, 11) is 0. The number of halogens is 1. The van der Waals surface area contributed by atoms with Crippen LogP contribution in [0.2, 0.25) is 0 Å². The van der Waals surface area contributed by atoms with Crippen molar-refractivity contribution in [3.8, 4) is 0 Å². The second-order valence-corrected chi connectivity index (χ2v) is 4.49. The van der Waals surface area contributed by atoms with E-state index in [1.54, 1.807) is 26.2 Å². The molecule has 0 fully saturated rings. The molecule has 2 heterocycles. The van der Waals surface area contributed by atoms with Crippen molar-refractivity contribution in [2.75, 3.05) is 11.9 Å². The van der Waals surface area contributed by atoms with Gasteiger partial charge in [0.2, 0.25) is 0 Å². The van der Waals surface area contributed by atoms with Gasteiger partial charge in [-0.15, -0.1) is 0 Å². The van der Waals surface area contributed by atoms with E-state index in [9.17, 15) is 4.39 Å². The highest BCUT2D eigenvalue weighted by Gasteiger charge is 2.14. The van der Waals surface area contributed by atoms with E-state index in [1.165, 1.54) is 0 Å². The van der Waals surface area contributed by atoms with Crippen molar-refractivity contribution in [2.24, 2.45) is 0 Å². The van der Waals surface area contributed by atoms with Gasteiger partial charge >= 0.3 is 0 Å². The Morgan fingerprint density at radius 3 is 2.76 bits per heavy atom. The molecule has 0 aromatic carbocycles. The highest BCUT2D eigenvalue weighted by molar-refractivity contribution is 5.71. The molecule has 0 atom stereocenters. The van der Waals surface area contributed by atoms with Crippen molar-refractivity contribution in [3.63, 3.8) is 0 Å². The quantitative estimate of drug-likeness (QED) is 0.883. The van der Waals surface area contributed by atoms with Gasteiger partial charge in [0.1, 0.15) is 17.0 Å². The van der Waals surface area contributed by atoms with Gasteiger partial charge in [-0.25, -0.2) is 14.4 Å². The number of hydrogen-bond donors (Lipinski definition) is 1. The molecule has 0 unspecified atom stereocenters. The Morgan fingerprint density at radius 2 is 2.00 bits per heavy atom. The number of rotatable bonds is 4. The van der Waals surface area contributed by atoms with Crippen molar-refractivity contribution in [1.29, 1.82) is 0 Å². The van der Waals surface area contributed by atoms with E-state index >= 15 is 0 Å². The van der Waals surface area contributed by atoms with Crippen molar-refractivity contribution < 1.29 is 4.39 Å². The average molecular weight is 234 g/mol. The van der Waals surface area contributed by atoms with Crippen LogP contribution in [-0.2, 0) is 0 Å². The van der Waals surface area contributed by atoms with Crippen LogP contribution in [0.1, 0.15) is 20.3 Å². The topological polar surface area (TPSA) is 50.7 Å². The molecule has 2 aromatic rings. The van der Waals surface area contributed by atoms with Crippen molar-refractivity contribution in [2.45, 2.75) is 25.9 Å². The van der Waals surface area contributed by atoms with E-state index in [0.717, 1.165) is 5.52 Å². The Bertz CT molecular complexity index is 507. The molecule has 0 aliphatic carbocycles. The molecule has 0 bridgehead atoms. The number of alkyl halides is 1. The van der Waals surface area contributed by atoms with Crippen LogP contribution in [0.3, 0.4) is 0 Å². The molecule has 90 valence electrons. The van der Waals surface area contributed by atoms with E-state index in [0.29, 0.717) is 24.4 Å². The minimum Gasteiger partial charge on any atom is -0.370 e. The molecular formula is C12H15FN4. The Kier molecular flexibility index (Phi) is 3.17. The highest BCUT2D eigenvalue weighted by Crippen LogP contribution is 2.14. The molecule has 2 aromatic heterocycles. The molecule has 0 spiro atoms. The maximum Gasteiger partial charge on any atom is 0.180 e. The van der Waals surface area contributed by atoms with Gasteiger partial charge in [0, 0.05) is 18.9 Å². The van der Waals surface area contributed by atoms with E-state index < -0.39 is 5.67 Å². The number of nitrogens with zero attached hydrogens (tertiary/aromatic N) is 3. The number of anilines is 1. The van der Waals surface area contributed by atoms with Crippen LogP contribution in [0.15, 0.2) is 24.5 Å². The first kappa shape index (κ1) is 11.7. The summed E-state index contributed by atoms with van der Waals surface area (Å²) >= 11 is 0. The van der Waals surface area contributed by atoms with Crippen molar-refractivity contribution >= 4 is 17.0 Å². The van der Waals surface area contributed by atoms with Gasteiger partial charge in [0.05, 0.1) is 0 Å². The Morgan fingerprint density at radius 1 is 1.24 bits per heavy atom. The van der Waals surface area contributed by atoms with Gasteiger partial charge in [-0.2, -0.15) is 0 Å². The first-order chi connectivity index (χ1) is 8.04. The van der Waals surface area contributed by atoms with Gasteiger partial charge < -0.3 is 5.32 Å². The maximum absolute atomic E-state index is 13.3. The normalized spacial score (nSPS) is 11.7. The Balaban J connectivity index is 2.04. The molecule has 0 aliphatic rings. The molecule has 0 radical (unpaired) electrons. The minimum absolute atomic E-state index is 0.438. The molecular weight excluding hydrogens is 219 g/mol. The van der Waals surface area contributed by atoms with Gasteiger partial charge in [-0.05, 0) is 32.4 Å². The lowest BCUT2D eigenvalue weighted by Crippen LogP contribution is -2.17. The fraction of sp³-hybridized carbons (Fsp3) is 0.417. The standard InChI is InChI=1S/C12H15FN4/c1-12(2,13)5-6-15-10-4-3-9-11(17-10)16-8-7-14-9/h3-4,7-8H,5-6H2,1-2H3,(H,15,16,17). The number of aromatic nitrogens is 3. The molecule has 0 saturated carbocycles. The molecule has 5 heteroatoms. The lowest BCUT2D eigenvalue weighted by atomic mass is 10.1. The van der Waals surface area contributed by atoms with Crippen LogP contribution in [-0.4, -0.2) is 27.2 Å². The van der Waals surface area contributed by atoms with Crippen LogP contribution in [0.4, 0.5) is 10.2 Å². The summed E-state index contributed by atoms with van der Waals surface area (Å²) < 4.78 is 13.3. The number of pyridine rings is 1. The Hall–Kier alpha value is -1.78. The van der Waals surface area contributed by atoms with E-state index in [-0.39, 0.29) is 0 Å². The summed E-state index contributed by atoms with van der Waals surface area (Å²) in [6.45, 7) is 3.67. The predicted molar refractivity (Wildman–Crippen MR) is 65.6 cm³/mol. The fourth-order valence-corrected chi connectivity index (χ4v) is 1.44. The zero-order valence-corrected chi connectivity index (χ0v) is 9.94.